The average Bonchev–Trinajstić information content (AvgIpc) is 3.31. The van der Waals surface area contributed by atoms with E-state index >= 15 is 0 Å². The topological polar surface area (TPSA) is 71.1 Å². The van der Waals surface area contributed by atoms with Gasteiger partial charge in [-0.3, -0.25) is 9.59 Å². The largest absolute Gasteiger partial charge is 0.345 e. The van der Waals surface area contributed by atoms with E-state index in [1.165, 1.54) is 22.7 Å². The van der Waals surface area contributed by atoms with Crippen molar-refractivity contribution in [1.29, 1.82) is 0 Å². The molecule has 0 saturated heterocycles. The molecule has 0 saturated carbocycles. The summed E-state index contributed by atoms with van der Waals surface area (Å²) in [7, 11) is 0. The van der Waals surface area contributed by atoms with Crippen LogP contribution in [0.1, 0.15) is 20.2 Å². The Labute approximate surface area is 146 Å². The average molecular weight is 355 g/mol. The maximum atomic E-state index is 12.0. The summed E-state index contributed by atoms with van der Waals surface area (Å²) in [5.41, 5.74) is 3.72. The Morgan fingerprint density at radius 1 is 1.29 bits per heavy atom. The van der Waals surface area contributed by atoms with Crippen molar-refractivity contribution < 1.29 is 9.59 Å². The highest BCUT2D eigenvalue weighted by Gasteiger charge is 2.18. The number of thiophene rings is 1. The molecule has 0 atom stereocenters. The van der Waals surface area contributed by atoms with Crippen molar-refractivity contribution in [2.45, 2.75) is 13.0 Å². The van der Waals surface area contributed by atoms with Crippen molar-refractivity contribution in [2.24, 2.45) is 0 Å². The first kappa shape index (κ1) is 15.0. The summed E-state index contributed by atoms with van der Waals surface area (Å²) in [6.07, 6.45) is 0.414. The van der Waals surface area contributed by atoms with Crippen molar-refractivity contribution in [3.8, 4) is 11.3 Å². The number of rotatable bonds is 4. The number of nitrogens with zero attached hydrogens (tertiary/aromatic N) is 1. The third kappa shape index (κ3) is 2.95. The van der Waals surface area contributed by atoms with Crippen LogP contribution in [0, 0.1) is 0 Å². The molecule has 1 aliphatic heterocycles. The summed E-state index contributed by atoms with van der Waals surface area (Å²) >= 11 is 2.93. The molecule has 5 nitrogen and oxygen atoms in total. The second-order valence-electron chi connectivity index (χ2n) is 5.38. The highest BCUT2D eigenvalue weighted by molar-refractivity contribution is 7.12. The lowest BCUT2D eigenvalue weighted by Gasteiger charge is -2.02. The van der Waals surface area contributed by atoms with E-state index in [4.69, 9.17) is 0 Å². The standard InChI is InChI=1S/C17H13N3O2S2/c21-15-7-11-6-10(3-4-12(11)19-15)13-9-24-16(20-13)8-18-17(22)14-2-1-5-23-14/h1-6,9H,7-8H2,(H,18,22)(H,19,21). The normalized spacial score (nSPS) is 12.8. The van der Waals surface area contributed by atoms with Crippen molar-refractivity contribution in [3.63, 3.8) is 0 Å². The van der Waals surface area contributed by atoms with E-state index in [9.17, 15) is 9.59 Å². The minimum atomic E-state index is -0.0798. The molecule has 0 radical (unpaired) electrons. The lowest BCUT2D eigenvalue weighted by molar-refractivity contribution is -0.115. The lowest BCUT2D eigenvalue weighted by atomic mass is 10.1. The van der Waals surface area contributed by atoms with Gasteiger partial charge in [0.25, 0.3) is 5.91 Å². The number of benzene rings is 1. The number of anilines is 1. The second-order valence-corrected chi connectivity index (χ2v) is 7.27. The van der Waals surface area contributed by atoms with E-state index in [0.29, 0.717) is 17.8 Å². The van der Waals surface area contributed by atoms with Gasteiger partial charge in [0.05, 0.1) is 23.5 Å². The molecule has 3 aromatic rings. The summed E-state index contributed by atoms with van der Waals surface area (Å²) in [6.45, 7) is 0.409. The molecule has 2 aromatic heterocycles. The first-order chi connectivity index (χ1) is 11.7. The molecule has 0 fully saturated rings. The quantitative estimate of drug-likeness (QED) is 0.754. The molecular weight excluding hydrogens is 342 g/mol. The summed E-state index contributed by atoms with van der Waals surface area (Å²) < 4.78 is 0. The van der Waals surface area contributed by atoms with Gasteiger partial charge in [0.2, 0.25) is 5.91 Å². The molecular formula is C17H13N3O2S2. The minimum absolute atomic E-state index is 0.0254. The van der Waals surface area contributed by atoms with Crippen LogP contribution in [0.5, 0.6) is 0 Å². The van der Waals surface area contributed by atoms with E-state index in [-0.39, 0.29) is 11.8 Å². The number of fused-ring (bicyclic) bond motifs is 1. The fourth-order valence-corrected chi connectivity index (χ4v) is 3.95. The number of nitrogens with one attached hydrogen (secondary N) is 2. The van der Waals surface area contributed by atoms with Crippen LogP contribution in [0.15, 0.2) is 41.1 Å². The van der Waals surface area contributed by atoms with Gasteiger partial charge < -0.3 is 10.6 Å². The monoisotopic (exact) mass is 355 g/mol. The molecule has 0 aliphatic carbocycles. The van der Waals surface area contributed by atoms with Crippen LogP contribution in [0.2, 0.25) is 0 Å². The SMILES string of the molecule is O=C1Cc2cc(-c3csc(CNC(=O)c4cccs4)n3)ccc2N1. The van der Waals surface area contributed by atoms with E-state index < -0.39 is 0 Å². The first-order valence-electron chi connectivity index (χ1n) is 7.38. The molecule has 2 amide bonds. The van der Waals surface area contributed by atoms with Gasteiger partial charge in [-0.25, -0.2) is 4.98 Å². The summed E-state index contributed by atoms with van der Waals surface area (Å²) in [6, 6.07) is 9.51. The van der Waals surface area contributed by atoms with Gasteiger partial charge in [-0.1, -0.05) is 12.1 Å². The number of carbonyl (C=O) groups is 2. The smallest absolute Gasteiger partial charge is 0.261 e. The van der Waals surface area contributed by atoms with Crippen LogP contribution in [0.25, 0.3) is 11.3 Å². The van der Waals surface area contributed by atoms with Gasteiger partial charge >= 0.3 is 0 Å². The Morgan fingerprint density at radius 2 is 2.21 bits per heavy atom. The van der Waals surface area contributed by atoms with Crippen molar-refractivity contribution >= 4 is 40.2 Å². The van der Waals surface area contributed by atoms with Crippen molar-refractivity contribution in [1.82, 2.24) is 10.3 Å². The van der Waals surface area contributed by atoms with Gasteiger partial charge in [0.1, 0.15) is 5.01 Å². The molecule has 2 N–H and O–H groups in total. The molecule has 24 heavy (non-hydrogen) atoms. The van der Waals surface area contributed by atoms with Crippen LogP contribution in [0.4, 0.5) is 5.69 Å². The fourth-order valence-electron chi connectivity index (χ4n) is 2.56. The molecule has 7 heteroatoms. The number of aromatic nitrogens is 1. The Kier molecular flexibility index (Phi) is 3.87. The van der Waals surface area contributed by atoms with Crippen molar-refractivity contribution in [3.05, 3.63) is 56.5 Å². The highest BCUT2D eigenvalue weighted by Crippen LogP contribution is 2.29. The third-order valence-corrected chi connectivity index (χ3v) is 5.44. The zero-order valence-electron chi connectivity index (χ0n) is 12.5. The molecule has 3 heterocycles. The van der Waals surface area contributed by atoms with E-state index in [0.717, 1.165) is 27.5 Å². The lowest BCUT2D eigenvalue weighted by Crippen LogP contribution is -2.21. The maximum Gasteiger partial charge on any atom is 0.261 e. The number of amides is 2. The van der Waals surface area contributed by atoms with Crippen LogP contribution in [-0.2, 0) is 17.8 Å². The van der Waals surface area contributed by atoms with Crippen LogP contribution in [-0.4, -0.2) is 16.8 Å². The zero-order valence-corrected chi connectivity index (χ0v) is 14.2. The number of carbonyl (C=O) groups excluding carboxylic acids is 2. The third-order valence-electron chi connectivity index (χ3n) is 3.72. The Hall–Kier alpha value is -2.51. The molecule has 1 aliphatic rings. The Balaban J connectivity index is 1.46. The summed E-state index contributed by atoms with van der Waals surface area (Å²) in [4.78, 5) is 28.7. The van der Waals surface area contributed by atoms with Gasteiger partial charge in [0.15, 0.2) is 0 Å². The predicted octanol–water partition coefficient (Wildman–Crippen LogP) is 3.30. The van der Waals surface area contributed by atoms with Crippen molar-refractivity contribution in [2.75, 3.05) is 5.32 Å². The molecule has 1 aromatic carbocycles. The van der Waals surface area contributed by atoms with Gasteiger partial charge in [0, 0.05) is 16.6 Å². The molecule has 120 valence electrons. The first-order valence-corrected chi connectivity index (χ1v) is 9.14. The predicted molar refractivity (Wildman–Crippen MR) is 95.4 cm³/mol. The molecule has 0 spiro atoms. The minimum Gasteiger partial charge on any atom is -0.345 e. The summed E-state index contributed by atoms with van der Waals surface area (Å²) in [5, 5.41) is 10.4. The number of hydrogen-bond acceptors (Lipinski definition) is 5. The molecule has 4 rings (SSSR count). The Morgan fingerprint density at radius 3 is 3.04 bits per heavy atom. The fraction of sp³-hybridized carbons (Fsp3) is 0.118. The maximum absolute atomic E-state index is 12.0. The van der Waals surface area contributed by atoms with Crippen LogP contribution in [0.3, 0.4) is 0 Å². The van der Waals surface area contributed by atoms with E-state index in [2.05, 4.69) is 15.6 Å². The van der Waals surface area contributed by atoms with Crippen LogP contribution < -0.4 is 10.6 Å². The number of thiazole rings is 1. The zero-order chi connectivity index (χ0) is 16.5. The molecule has 0 bridgehead atoms. The van der Waals surface area contributed by atoms with E-state index in [1.807, 2.05) is 35.0 Å². The van der Waals surface area contributed by atoms with Gasteiger partial charge in [-0.2, -0.15) is 0 Å². The van der Waals surface area contributed by atoms with Crippen LogP contribution >= 0.6 is 22.7 Å². The second kappa shape index (κ2) is 6.18. The Bertz CT molecular complexity index is 916. The highest BCUT2D eigenvalue weighted by atomic mass is 32.1. The van der Waals surface area contributed by atoms with E-state index in [1.54, 1.807) is 6.07 Å². The summed E-state index contributed by atoms with van der Waals surface area (Å²) in [5.74, 6) is -0.0544. The van der Waals surface area contributed by atoms with Gasteiger partial charge in [-0.15, -0.1) is 22.7 Å². The number of hydrogen-bond donors (Lipinski definition) is 2. The molecule has 0 unspecified atom stereocenters. The van der Waals surface area contributed by atoms with Gasteiger partial charge in [-0.05, 0) is 29.1 Å².